The lowest BCUT2D eigenvalue weighted by molar-refractivity contribution is -0.0977. The van der Waals surface area contributed by atoms with E-state index in [0.717, 1.165) is 31.0 Å². The van der Waals surface area contributed by atoms with E-state index in [1.54, 1.807) is 18.2 Å². The van der Waals surface area contributed by atoms with Gasteiger partial charge in [-0.2, -0.15) is 0 Å². The molecule has 0 amide bonds. The van der Waals surface area contributed by atoms with Crippen molar-refractivity contribution in [2.24, 2.45) is 16.7 Å². The molecule has 25 heavy (non-hydrogen) atoms. The van der Waals surface area contributed by atoms with E-state index < -0.39 is 0 Å². The van der Waals surface area contributed by atoms with Gasteiger partial charge in [-0.25, -0.2) is 9.37 Å². The summed E-state index contributed by atoms with van der Waals surface area (Å²) in [5, 5.41) is 9.90. The van der Waals surface area contributed by atoms with E-state index in [0.29, 0.717) is 23.9 Å². The Kier molecular flexibility index (Phi) is 3.78. The van der Waals surface area contributed by atoms with Crippen LogP contribution in [-0.4, -0.2) is 34.7 Å². The Labute approximate surface area is 147 Å². The summed E-state index contributed by atoms with van der Waals surface area (Å²) in [4.78, 5) is 6.90. The number of aliphatic hydroxyl groups is 1. The first-order chi connectivity index (χ1) is 11.8. The Morgan fingerprint density at radius 2 is 2.12 bits per heavy atom. The molecule has 1 saturated heterocycles. The van der Waals surface area contributed by atoms with Gasteiger partial charge in [-0.1, -0.05) is 26.0 Å². The number of fused-ring (bicyclic) bond motifs is 1. The van der Waals surface area contributed by atoms with Crippen molar-refractivity contribution < 1.29 is 13.9 Å². The molecule has 2 aliphatic rings. The molecule has 2 aromatic rings. The molecule has 2 fully saturated rings. The van der Waals surface area contributed by atoms with E-state index in [1.807, 2.05) is 6.92 Å². The van der Waals surface area contributed by atoms with E-state index in [2.05, 4.69) is 23.7 Å². The van der Waals surface area contributed by atoms with Crippen molar-refractivity contribution in [3.05, 3.63) is 41.5 Å². The fourth-order valence-electron chi connectivity index (χ4n) is 5.10. The number of rotatable bonds is 4. The van der Waals surface area contributed by atoms with Crippen LogP contribution in [0.15, 0.2) is 28.7 Å². The number of benzene rings is 1. The third-order valence-electron chi connectivity index (χ3n) is 6.15. The fraction of sp³-hybridized carbons (Fsp3) is 0.550. The number of aryl methyl sites for hydroxylation is 1. The number of oxazole rings is 1. The van der Waals surface area contributed by atoms with Crippen LogP contribution in [0.25, 0.3) is 11.5 Å². The molecule has 4 rings (SSSR count). The minimum Gasteiger partial charge on any atom is -0.441 e. The zero-order chi connectivity index (χ0) is 17.8. The van der Waals surface area contributed by atoms with Crippen LogP contribution in [0.1, 0.15) is 31.7 Å². The lowest BCUT2D eigenvalue weighted by Gasteiger charge is -2.56. The highest BCUT2D eigenvalue weighted by molar-refractivity contribution is 5.54. The molecule has 5 heteroatoms. The average molecular weight is 344 g/mol. The number of halogens is 1. The maximum Gasteiger partial charge on any atom is 0.229 e. The second-order valence-electron chi connectivity index (χ2n) is 8.41. The summed E-state index contributed by atoms with van der Waals surface area (Å²) in [7, 11) is 0. The number of aliphatic hydroxyl groups excluding tert-OH is 1. The highest BCUT2D eigenvalue weighted by atomic mass is 19.1. The molecular formula is C20H25FN2O2. The zero-order valence-electron chi connectivity index (χ0n) is 15.1. The third kappa shape index (κ3) is 2.61. The molecule has 2 heterocycles. The Balaban J connectivity index is 1.54. The number of hydrogen-bond acceptors (Lipinski definition) is 4. The maximum absolute atomic E-state index is 14.0. The van der Waals surface area contributed by atoms with Gasteiger partial charge in [-0.3, -0.25) is 4.90 Å². The van der Waals surface area contributed by atoms with Gasteiger partial charge in [0.05, 0.1) is 17.9 Å². The first-order valence-corrected chi connectivity index (χ1v) is 8.89. The molecule has 1 saturated carbocycles. The van der Waals surface area contributed by atoms with Crippen molar-refractivity contribution in [1.82, 2.24) is 9.88 Å². The Hall–Kier alpha value is -1.72. The Morgan fingerprint density at radius 3 is 2.76 bits per heavy atom. The first-order valence-electron chi connectivity index (χ1n) is 8.89. The summed E-state index contributed by atoms with van der Waals surface area (Å²) in [5.41, 5.74) is 1.57. The monoisotopic (exact) mass is 344 g/mol. The van der Waals surface area contributed by atoms with Gasteiger partial charge in [0.15, 0.2) is 0 Å². The Morgan fingerprint density at radius 1 is 1.36 bits per heavy atom. The van der Waals surface area contributed by atoms with Crippen LogP contribution in [-0.2, 0) is 6.54 Å². The van der Waals surface area contributed by atoms with Crippen LogP contribution < -0.4 is 0 Å². The lowest BCUT2D eigenvalue weighted by Crippen LogP contribution is -2.54. The molecule has 0 unspecified atom stereocenters. The standard InChI is InChI=1S/C20H25FN2O2/c1-13-16(22-18(25-13)14-6-4-5-7-15(14)21)8-23-9-17-19(2,3)10-20(17,11-23)12-24/h4-7,17,24H,8-12H2,1-3H3/t17-,20-/m1/s1. The molecule has 1 aromatic carbocycles. The van der Waals surface area contributed by atoms with Crippen molar-refractivity contribution in [3.63, 3.8) is 0 Å². The SMILES string of the molecule is Cc1oc(-c2ccccc2F)nc1CN1C[C@@H]2C(C)(C)C[C@]2(CO)C1. The van der Waals surface area contributed by atoms with E-state index in [1.165, 1.54) is 6.07 Å². The van der Waals surface area contributed by atoms with Crippen LogP contribution >= 0.6 is 0 Å². The van der Waals surface area contributed by atoms with Crippen molar-refractivity contribution in [3.8, 4) is 11.5 Å². The third-order valence-corrected chi connectivity index (χ3v) is 6.15. The number of hydrogen-bond donors (Lipinski definition) is 1. The molecule has 0 bridgehead atoms. The van der Waals surface area contributed by atoms with Gasteiger partial charge < -0.3 is 9.52 Å². The van der Waals surface area contributed by atoms with Crippen molar-refractivity contribution >= 4 is 0 Å². The van der Waals surface area contributed by atoms with Gasteiger partial charge >= 0.3 is 0 Å². The summed E-state index contributed by atoms with van der Waals surface area (Å²) in [6, 6.07) is 6.54. The predicted molar refractivity (Wildman–Crippen MR) is 93.3 cm³/mol. The molecule has 4 nitrogen and oxygen atoms in total. The minimum absolute atomic E-state index is 0.0372. The Bertz CT molecular complexity index is 801. The van der Waals surface area contributed by atoms with Gasteiger partial charge in [0.2, 0.25) is 5.89 Å². The summed E-state index contributed by atoms with van der Waals surface area (Å²) >= 11 is 0. The smallest absolute Gasteiger partial charge is 0.229 e. The summed E-state index contributed by atoms with van der Waals surface area (Å²) in [5.74, 6) is 1.26. The average Bonchev–Trinajstić information content (AvgIpc) is 3.07. The lowest BCUT2D eigenvalue weighted by atomic mass is 9.48. The molecule has 1 aliphatic heterocycles. The summed E-state index contributed by atoms with van der Waals surface area (Å²) in [6.45, 7) is 9.23. The van der Waals surface area contributed by atoms with Crippen molar-refractivity contribution in [1.29, 1.82) is 0 Å². The normalized spacial score (nSPS) is 28.0. The topological polar surface area (TPSA) is 49.5 Å². The molecule has 1 aromatic heterocycles. The van der Waals surface area contributed by atoms with E-state index >= 15 is 0 Å². The van der Waals surface area contributed by atoms with Crippen molar-refractivity contribution in [2.45, 2.75) is 33.7 Å². The molecule has 0 radical (unpaired) electrons. The van der Waals surface area contributed by atoms with Crippen LogP contribution in [0.4, 0.5) is 4.39 Å². The molecule has 1 N–H and O–H groups in total. The summed E-state index contributed by atoms with van der Waals surface area (Å²) in [6.07, 6.45) is 1.07. The second-order valence-corrected chi connectivity index (χ2v) is 8.41. The predicted octanol–water partition coefficient (Wildman–Crippen LogP) is 3.63. The fourth-order valence-corrected chi connectivity index (χ4v) is 5.10. The molecule has 1 aliphatic carbocycles. The van der Waals surface area contributed by atoms with Crippen molar-refractivity contribution in [2.75, 3.05) is 19.7 Å². The highest BCUT2D eigenvalue weighted by Crippen LogP contribution is 2.62. The first kappa shape index (κ1) is 16.7. The summed E-state index contributed by atoms with van der Waals surface area (Å²) < 4.78 is 19.7. The number of nitrogens with zero attached hydrogens (tertiary/aromatic N) is 2. The maximum atomic E-state index is 14.0. The quantitative estimate of drug-likeness (QED) is 0.920. The molecule has 0 spiro atoms. The van der Waals surface area contributed by atoms with Gasteiger partial charge in [-0.05, 0) is 36.8 Å². The van der Waals surface area contributed by atoms with Gasteiger partial charge in [-0.15, -0.1) is 0 Å². The molecular weight excluding hydrogens is 319 g/mol. The number of likely N-dealkylation sites (tertiary alicyclic amines) is 1. The molecule has 2 atom stereocenters. The zero-order valence-corrected chi connectivity index (χ0v) is 15.1. The van der Waals surface area contributed by atoms with Crippen LogP contribution in [0.2, 0.25) is 0 Å². The minimum atomic E-state index is -0.324. The van der Waals surface area contributed by atoms with Crippen LogP contribution in [0.3, 0.4) is 0 Å². The largest absolute Gasteiger partial charge is 0.441 e. The second kappa shape index (κ2) is 5.64. The van der Waals surface area contributed by atoms with Gasteiger partial charge in [0, 0.05) is 25.0 Å². The number of aromatic nitrogens is 1. The van der Waals surface area contributed by atoms with Crippen LogP contribution in [0.5, 0.6) is 0 Å². The van der Waals surface area contributed by atoms with Crippen LogP contribution in [0, 0.1) is 29.5 Å². The van der Waals surface area contributed by atoms with E-state index in [-0.39, 0.29) is 23.3 Å². The van der Waals surface area contributed by atoms with Gasteiger partial charge in [0.25, 0.3) is 0 Å². The highest BCUT2D eigenvalue weighted by Gasteiger charge is 2.62. The van der Waals surface area contributed by atoms with E-state index in [4.69, 9.17) is 4.42 Å². The molecule has 134 valence electrons. The van der Waals surface area contributed by atoms with E-state index in [9.17, 15) is 9.50 Å². The van der Waals surface area contributed by atoms with Gasteiger partial charge in [0.1, 0.15) is 11.6 Å².